The van der Waals surface area contributed by atoms with Gasteiger partial charge in [0.2, 0.25) is 11.8 Å². The van der Waals surface area contributed by atoms with E-state index in [1.54, 1.807) is 43.9 Å². The van der Waals surface area contributed by atoms with Gasteiger partial charge in [0.15, 0.2) is 0 Å². The number of nitrogens with zero attached hydrogens (tertiary/aromatic N) is 8. The van der Waals surface area contributed by atoms with E-state index in [2.05, 4.69) is 20.5 Å². The Hall–Kier alpha value is -6.61. The molecule has 1 aromatic heterocycles. The molecule has 23 nitrogen and oxygen atoms in total. The molecule has 3 fully saturated rings. The van der Waals surface area contributed by atoms with E-state index in [-0.39, 0.29) is 127 Å². The van der Waals surface area contributed by atoms with Gasteiger partial charge in [0.05, 0.1) is 108 Å². The molecule has 0 radical (unpaired) electrons. The summed E-state index contributed by atoms with van der Waals surface area (Å²) in [6.07, 6.45) is -2.10. The number of hydrogen-bond donors (Lipinski definition) is 5. The SMILES string of the molecule is CCOc1cccc(-c2ncc(C3(C(=O)N[C@H]4CCN(CCOCCOCCOCCOCCNC(=O)CN5CCN(CC(=O)O)CCN(CC(=O)O)CCN(CC(=O)O)CC5)C4)CCN(c4ccc(C(F)(F)F)cc4C#N)CC3)cc2F)c1. The molecular formula is C57H78F4N10O13. The fraction of sp³-hybridized carbons (Fsp3) is 0.596. The van der Waals surface area contributed by atoms with Crippen LogP contribution < -0.4 is 20.3 Å². The lowest BCUT2D eigenvalue weighted by atomic mass is 9.72. The standard InChI is InChI=1S/C57H78F4N10O13/c1-2-84-47-5-3-4-42(33-47)54-48(58)34-45(36-64-54)56(9-13-71(14-10-56)49-7-6-44(57(59,60)61)32-43(49)35-62)55(79)65-46-8-12-66(37-46)23-25-81-27-29-83-31-30-82-28-26-80-24-11-63-50(72)38-67-15-17-68(39-51(73)74)19-21-70(41-53(77)78)22-20-69(18-16-67)40-52(75)76/h3-7,32-34,36,46H,2,8-31,37-41H2,1H3,(H,63,72)(H,65,79)(H,73,74)(H,75,76)(H,77,78)/t46-/m0/s1. The number of carboxylic acid groups (broad SMARTS) is 3. The number of alkyl halides is 3. The average Bonchev–Trinajstić information content (AvgIpc) is 4.00. The van der Waals surface area contributed by atoms with Crippen molar-refractivity contribution in [2.75, 3.05) is 182 Å². The van der Waals surface area contributed by atoms with Crippen molar-refractivity contribution in [1.29, 1.82) is 5.26 Å². The summed E-state index contributed by atoms with van der Waals surface area (Å²) in [4.78, 5) is 77.4. The van der Waals surface area contributed by atoms with Crippen LogP contribution in [0.1, 0.15) is 42.9 Å². The predicted octanol–water partition coefficient (Wildman–Crippen LogP) is 2.56. The number of anilines is 1. The first kappa shape index (κ1) is 66.5. The highest BCUT2D eigenvalue weighted by molar-refractivity contribution is 5.89. The highest BCUT2D eigenvalue weighted by Gasteiger charge is 2.45. The lowest BCUT2D eigenvalue weighted by molar-refractivity contribution is -0.140. The molecule has 3 saturated heterocycles. The van der Waals surface area contributed by atoms with Crippen LogP contribution in [0, 0.1) is 17.1 Å². The van der Waals surface area contributed by atoms with Crippen LogP contribution >= 0.6 is 0 Å². The van der Waals surface area contributed by atoms with Crippen LogP contribution in [0.4, 0.5) is 23.2 Å². The topological polar surface area (TPSA) is 272 Å². The summed E-state index contributed by atoms with van der Waals surface area (Å²) in [5, 5.41) is 44.1. The van der Waals surface area contributed by atoms with E-state index >= 15 is 4.39 Å². The molecule has 3 aliphatic heterocycles. The molecule has 1 atom stereocenters. The van der Waals surface area contributed by atoms with E-state index in [0.29, 0.717) is 121 Å². The number of hydrogen-bond acceptors (Lipinski definition) is 18. The summed E-state index contributed by atoms with van der Waals surface area (Å²) in [5.41, 5.74) is -1.03. The number of carbonyl (C=O) groups excluding carboxylic acids is 2. The summed E-state index contributed by atoms with van der Waals surface area (Å²) in [6, 6.07) is 13.0. The summed E-state index contributed by atoms with van der Waals surface area (Å²) >= 11 is 0. The number of nitriles is 1. The van der Waals surface area contributed by atoms with Gasteiger partial charge in [-0.3, -0.25) is 53.5 Å². The summed E-state index contributed by atoms with van der Waals surface area (Å²) in [5.74, 6) is -3.77. The molecule has 84 heavy (non-hydrogen) atoms. The minimum atomic E-state index is -4.63. The van der Waals surface area contributed by atoms with E-state index in [9.17, 15) is 57.7 Å². The van der Waals surface area contributed by atoms with E-state index < -0.39 is 40.9 Å². The maximum absolute atomic E-state index is 16.1. The maximum atomic E-state index is 16.1. The Balaban J connectivity index is 0.861. The number of carbonyl (C=O) groups is 5. The number of likely N-dealkylation sites (tertiary alicyclic amines) is 1. The summed E-state index contributed by atoms with van der Waals surface area (Å²) in [6.45, 7) is 8.94. The van der Waals surface area contributed by atoms with E-state index in [1.165, 1.54) is 18.3 Å². The third kappa shape index (κ3) is 21.5. The van der Waals surface area contributed by atoms with Crippen molar-refractivity contribution < 1.29 is 80.5 Å². The first-order chi connectivity index (χ1) is 40.3. The first-order valence-corrected chi connectivity index (χ1v) is 28.3. The molecule has 6 rings (SSSR count). The largest absolute Gasteiger partial charge is 0.494 e. The molecule has 3 aliphatic rings. The summed E-state index contributed by atoms with van der Waals surface area (Å²) < 4.78 is 85.0. The lowest BCUT2D eigenvalue weighted by Gasteiger charge is -2.42. The Morgan fingerprint density at radius 2 is 1.25 bits per heavy atom. The zero-order chi connectivity index (χ0) is 60.5. The third-order valence-electron chi connectivity index (χ3n) is 14.9. The highest BCUT2D eigenvalue weighted by atomic mass is 19.4. The number of aliphatic carboxylic acids is 3. The first-order valence-electron chi connectivity index (χ1n) is 28.3. The number of aromatic nitrogens is 1. The molecule has 2 aromatic carbocycles. The van der Waals surface area contributed by atoms with Crippen molar-refractivity contribution >= 4 is 35.4 Å². The van der Waals surface area contributed by atoms with Crippen molar-refractivity contribution in [3.05, 3.63) is 77.2 Å². The normalized spacial score (nSPS) is 18.1. The van der Waals surface area contributed by atoms with Crippen LogP contribution in [0.15, 0.2) is 54.7 Å². The molecule has 3 aromatic rings. The quantitative estimate of drug-likeness (QED) is 0.0474. The van der Waals surface area contributed by atoms with Gasteiger partial charge in [-0.2, -0.15) is 18.4 Å². The molecule has 0 bridgehead atoms. The third-order valence-corrected chi connectivity index (χ3v) is 14.9. The molecular weight excluding hydrogens is 1110 g/mol. The van der Waals surface area contributed by atoms with Crippen LogP contribution in [0.5, 0.6) is 5.75 Å². The van der Waals surface area contributed by atoms with Gasteiger partial charge in [-0.15, -0.1) is 0 Å². The van der Waals surface area contributed by atoms with Gasteiger partial charge in [0, 0.05) is 109 Å². The smallest absolute Gasteiger partial charge is 0.416 e. The molecule has 27 heteroatoms. The maximum Gasteiger partial charge on any atom is 0.416 e. The second kappa shape index (κ2) is 33.8. The molecule has 0 spiro atoms. The predicted molar refractivity (Wildman–Crippen MR) is 298 cm³/mol. The minimum Gasteiger partial charge on any atom is -0.494 e. The lowest BCUT2D eigenvalue weighted by Crippen LogP contribution is -2.54. The highest BCUT2D eigenvalue weighted by Crippen LogP contribution is 2.41. The number of nitrogens with one attached hydrogen (secondary N) is 2. The zero-order valence-corrected chi connectivity index (χ0v) is 47.5. The number of halogens is 4. The number of benzene rings is 2. The van der Waals surface area contributed by atoms with Crippen molar-refractivity contribution in [2.24, 2.45) is 0 Å². The van der Waals surface area contributed by atoms with Crippen LogP contribution in [-0.2, 0) is 54.5 Å². The van der Waals surface area contributed by atoms with Gasteiger partial charge in [-0.05, 0) is 68.1 Å². The van der Waals surface area contributed by atoms with E-state index in [0.717, 1.165) is 12.1 Å². The van der Waals surface area contributed by atoms with Gasteiger partial charge in [-0.25, -0.2) is 4.39 Å². The molecule has 2 amide bonds. The van der Waals surface area contributed by atoms with Crippen molar-refractivity contribution in [3.63, 3.8) is 0 Å². The molecule has 0 saturated carbocycles. The van der Waals surface area contributed by atoms with Crippen LogP contribution in [0.25, 0.3) is 11.3 Å². The Kier molecular flexibility index (Phi) is 26.7. The Morgan fingerprint density at radius 1 is 0.702 bits per heavy atom. The molecule has 0 unspecified atom stereocenters. The number of rotatable bonds is 30. The average molecular weight is 1190 g/mol. The van der Waals surface area contributed by atoms with E-state index in [4.69, 9.17) is 23.7 Å². The van der Waals surface area contributed by atoms with Gasteiger partial charge in [0.25, 0.3) is 0 Å². The monoisotopic (exact) mass is 1190 g/mol. The summed E-state index contributed by atoms with van der Waals surface area (Å²) in [7, 11) is 0. The number of amides is 2. The fourth-order valence-electron chi connectivity index (χ4n) is 10.4. The van der Waals surface area contributed by atoms with Gasteiger partial charge >= 0.3 is 24.1 Å². The van der Waals surface area contributed by atoms with Crippen LogP contribution in [0.2, 0.25) is 0 Å². The van der Waals surface area contributed by atoms with Crippen molar-refractivity contribution in [1.82, 2.24) is 40.1 Å². The van der Waals surface area contributed by atoms with E-state index in [1.807, 2.05) is 17.9 Å². The molecule has 462 valence electrons. The fourth-order valence-corrected chi connectivity index (χ4v) is 10.4. The van der Waals surface area contributed by atoms with Crippen LogP contribution in [-0.4, -0.2) is 258 Å². The Morgan fingerprint density at radius 3 is 1.77 bits per heavy atom. The minimum absolute atomic E-state index is 0.00387. The van der Waals surface area contributed by atoms with Gasteiger partial charge < -0.3 is 54.5 Å². The number of ether oxygens (including phenoxy) is 5. The van der Waals surface area contributed by atoms with Crippen LogP contribution in [0.3, 0.4) is 0 Å². The second-order valence-electron chi connectivity index (χ2n) is 20.8. The van der Waals surface area contributed by atoms with Crippen molar-refractivity contribution in [3.8, 4) is 23.1 Å². The van der Waals surface area contributed by atoms with Gasteiger partial charge in [0.1, 0.15) is 23.3 Å². The molecule has 0 aliphatic carbocycles. The number of piperidine rings is 1. The number of pyridine rings is 1. The van der Waals surface area contributed by atoms with Gasteiger partial charge in [-0.1, -0.05) is 12.1 Å². The van der Waals surface area contributed by atoms with Crippen molar-refractivity contribution in [2.45, 2.75) is 43.8 Å². The Bertz CT molecular complexity index is 2630. The Labute approximate surface area is 486 Å². The molecule has 4 heterocycles. The molecule has 5 N–H and O–H groups in total. The second-order valence-corrected chi connectivity index (χ2v) is 20.8. The number of carboxylic acids is 3. The zero-order valence-electron chi connectivity index (χ0n) is 47.5.